The second-order valence-corrected chi connectivity index (χ2v) is 24.4. The molecule has 0 bridgehead atoms. The molecule has 4 heterocycles. The number of rotatable bonds is 15. The van der Waals surface area contributed by atoms with Gasteiger partial charge in [0, 0.05) is 45.8 Å². The predicted molar refractivity (Wildman–Crippen MR) is 385 cm³/mol. The van der Waals surface area contributed by atoms with Crippen molar-refractivity contribution in [1.29, 1.82) is 0 Å². The molecule has 0 radical (unpaired) electrons. The summed E-state index contributed by atoms with van der Waals surface area (Å²) in [4.78, 5) is 52.7. The SMILES string of the molecule is CC(C)(C)C(=O)c1[c-]cc(-c2ccccc2-c2cc(-c3ccccc3-c3c[c-]c(-c4ccc(-c5nc(-c6ccccc6)nc(-c6ccccc6)n5)cn4)cc3)cc(-c3ccccc3-c3c[c-]c(-c4ccc(-c5nc(-c6ccccc6)nc(-c6ccccc6)n5)cn4)cc3)c2)cc1.[Ir+3]. The normalized spacial score (nSPS) is 11.2. The first-order valence-corrected chi connectivity index (χ1v) is 31.8. The number of nitrogens with zero attached hydrogens (tertiary/aromatic N) is 8. The van der Waals surface area contributed by atoms with Gasteiger partial charge in [0.15, 0.2) is 34.9 Å². The molecule has 0 spiro atoms. The van der Waals surface area contributed by atoms with Crippen molar-refractivity contribution in [2.24, 2.45) is 5.41 Å². The van der Waals surface area contributed by atoms with Crippen molar-refractivity contribution in [2.75, 3.05) is 0 Å². The number of benzene rings is 11. The van der Waals surface area contributed by atoms with E-state index in [1.807, 2.05) is 197 Å². The molecule has 0 saturated carbocycles. The Morgan fingerprint density at radius 1 is 0.278 bits per heavy atom. The molecule has 0 aliphatic heterocycles. The first kappa shape index (κ1) is 62.5. The Balaban J connectivity index is 0.00000807. The zero-order valence-electron chi connectivity index (χ0n) is 53.2. The largest absolute Gasteiger partial charge is 3.00 e. The monoisotopic (exact) mass is 1420 g/mol. The van der Waals surface area contributed by atoms with Gasteiger partial charge in [-0.3, -0.25) is 0 Å². The molecule has 0 aliphatic rings. The van der Waals surface area contributed by atoms with Crippen LogP contribution in [0.5, 0.6) is 0 Å². The fourth-order valence-electron chi connectivity index (χ4n) is 11.9. The van der Waals surface area contributed by atoms with Crippen molar-refractivity contribution in [3.05, 3.63) is 327 Å². The van der Waals surface area contributed by atoms with Gasteiger partial charge in [0.25, 0.3) is 0 Å². The van der Waals surface area contributed by atoms with Crippen LogP contribution in [0.25, 0.3) is 158 Å². The summed E-state index contributed by atoms with van der Waals surface area (Å²) in [6, 6.07) is 109. The van der Waals surface area contributed by atoms with Gasteiger partial charge in [-0.15, -0.1) is 89.5 Å². The van der Waals surface area contributed by atoms with Crippen molar-refractivity contribution in [1.82, 2.24) is 39.9 Å². The van der Waals surface area contributed by atoms with Crippen LogP contribution in [-0.2, 0) is 20.1 Å². The van der Waals surface area contributed by atoms with E-state index >= 15 is 0 Å². The van der Waals surface area contributed by atoms with Crippen LogP contribution >= 0.6 is 0 Å². The van der Waals surface area contributed by atoms with E-state index in [1.165, 1.54) is 0 Å². The molecule has 11 aromatic carbocycles. The Morgan fingerprint density at radius 3 is 0.804 bits per heavy atom. The van der Waals surface area contributed by atoms with Gasteiger partial charge in [0.05, 0.1) is 5.78 Å². The molecule has 0 fully saturated rings. The number of ketones is 1. The summed E-state index contributed by atoms with van der Waals surface area (Å²) >= 11 is 0. The fraction of sp³-hybridized carbons (Fsp3) is 0.0460. The molecule has 0 aliphatic carbocycles. The van der Waals surface area contributed by atoms with E-state index in [1.54, 1.807) is 0 Å². The van der Waals surface area contributed by atoms with Crippen LogP contribution in [0.3, 0.4) is 0 Å². The maximum Gasteiger partial charge on any atom is 3.00 e. The van der Waals surface area contributed by atoms with Gasteiger partial charge in [-0.25, -0.2) is 29.9 Å². The van der Waals surface area contributed by atoms with E-state index in [0.717, 1.165) is 123 Å². The Bertz CT molecular complexity index is 4890. The second kappa shape index (κ2) is 27.6. The van der Waals surface area contributed by atoms with E-state index in [4.69, 9.17) is 39.9 Å². The number of hydrogen-bond acceptors (Lipinski definition) is 9. The molecule has 462 valence electrons. The molecule has 15 aromatic rings. The molecular weight excluding hydrogens is 1370 g/mol. The second-order valence-electron chi connectivity index (χ2n) is 24.4. The van der Waals surface area contributed by atoms with Crippen LogP contribution in [0.15, 0.2) is 304 Å². The van der Waals surface area contributed by atoms with Crippen LogP contribution < -0.4 is 0 Å². The van der Waals surface area contributed by atoms with Crippen LogP contribution in [-0.4, -0.2) is 45.7 Å². The third kappa shape index (κ3) is 13.5. The molecule has 10 heteroatoms. The van der Waals surface area contributed by atoms with Crippen molar-refractivity contribution in [3.8, 4) is 158 Å². The standard InChI is InChI=1S/C87H59N8O.Ir/c1-87(2,3)80(96)62-46-40-59(41-47-62)74-32-18-21-35-77(74)71-53-69(75-33-19-16-30-72(75)57-36-42-60(43-37-57)78-50-48-67(55-88-78)85-92-81(63-22-8-4-9-23-63)90-82(93-85)64-24-10-5-11-25-64)52-70(54-71)76-34-20-17-31-73(76)58-38-44-61(45-39-58)79-51-49-68(56-89-79)86-94-83(65-26-12-6-13-27-65)91-84(95-86)66-28-14-7-15-29-66;/h4-42,44,46,48-56H,1-3H3;/q-3;+3. The zero-order chi connectivity index (χ0) is 65.0. The zero-order valence-corrected chi connectivity index (χ0v) is 55.6. The van der Waals surface area contributed by atoms with Crippen LogP contribution in [0.2, 0.25) is 0 Å². The van der Waals surface area contributed by atoms with Gasteiger partial charge in [0.2, 0.25) is 0 Å². The smallest absolute Gasteiger partial charge is 0.351 e. The Hall–Kier alpha value is -11.9. The van der Waals surface area contributed by atoms with Gasteiger partial charge in [0.1, 0.15) is 0 Å². The minimum atomic E-state index is -0.534. The number of carbonyl (C=O) groups excluding carboxylic acids is 1. The van der Waals surface area contributed by atoms with Gasteiger partial charge in [-0.2, -0.15) is 0 Å². The van der Waals surface area contributed by atoms with E-state index in [0.29, 0.717) is 40.5 Å². The van der Waals surface area contributed by atoms with Crippen molar-refractivity contribution in [2.45, 2.75) is 20.8 Å². The summed E-state index contributed by atoms with van der Waals surface area (Å²) < 4.78 is 0. The molecule has 0 amide bonds. The summed E-state index contributed by atoms with van der Waals surface area (Å²) in [5.41, 5.74) is 20.8. The van der Waals surface area contributed by atoms with E-state index in [9.17, 15) is 4.79 Å². The third-order valence-electron chi connectivity index (χ3n) is 16.9. The molecule has 4 aromatic heterocycles. The number of Topliss-reactive ketones (excluding diaryl/α,β-unsaturated/α-hetero) is 1. The number of aromatic nitrogens is 8. The van der Waals surface area contributed by atoms with Crippen LogP contribution in [0, 0.1) is 23.6 Å². The van der Waals surface area contributed by atoms with Gasteiger partial charge < -0.3 is 14.8 Å². The van der Waals surface area contributed by atoms with Crippen molar-refractivity contribution in [3.63, 3.8) is 0 Å². The van der Waals surface area contributed by atoms with Crippen LogP contribution in [0.4, 0.5) is 0 Å². The summed E-state index contributed by atoms with van der Waals surface area (Å²) in [7, 11) is 0. The molecule has 0 N–H and O–H groups in total. The minimum absolute atomic E-state index is 0. The molecule has 9 nitrogen and oxygen atoms in total. The van der Waals surface area contributed by atoms with Gasteiger partial charge in [-0.05, 0) is 68.4 Å². The van der Waals surface area contributed by atoms with E-state index < -0.39 is 5.41 Å². The molecule has 15 rings (SSSR count). The first-order valence-electron chi connectivity index (χ1n) is 31.8. The summed E-state index contributed by atoms with van der Waals surface area (Å²) in [6.07, 6.45) is 3.64. The third-order valence-corrected chi connectivity index (χ3v) is 16.9. The topological polar surface area (TPSA) is 120 Å². The maximum absolute atomic E-state index is 13.4. The number of hydrogen-bond donors (Lipinski definition) is 0. The molecular formula is C87H59IrN8O. The average Bonchev–Trinajstić information content (AvgIpc) is 0.862. The minimum Gasteiger partial charge on any atom is -0.351 e. The molecule has 0 atom stereocenters. The molecule has 0 saturated heterocycles. The summed E-state index contributed by atoms with van der Waals surface area (Å²) in [6.45, 7) is 5.82. The first-order chi connectivity index (χ1) is 47.1. The van der Waals surface area contributed by atoms with E-state index in [-0.39, 0.29) is 25.9 Å². The summed E-state index contributed by atoms with van der Waals surface area (Å²) in [5, 5.41) is 0. The van der Waals surface area contributed by atoms with Crippen molar-refractivity contribution >= 4 is 5.78 Å². The predicted octanol–water partition coefficient (Wildman–Crippen LogP) is 20.8. The Morgan fingerprint density at radius 2 is 0.546 bits per heavy atom. The molecule has 97 heavy (non-hydrogen) atoms. The average molecular weight is 1420 g/mol. The fourth-order valence-corrected chi connectivity index (χ4v) is 11.9. The van der Waals surface area contributed by atoms with Crippen LogP contribution in [0.1, 0.15) is 31.1 Å². The Kier molecular flexibility index (Phi) is 17.8. The number of carbonyl (C=O) groups is 1. The van der Waals surface area contributed by atoms with Gasteiger partial charge in [-0.1, -0.05) is 273 Å². The number of pyridine rings is 2. The van der Waals surface area contributed by atoms with Gasteiger partial charge >= 0.3 is 20.1 Å². The summed E-state index contributed by atoms with van der Waals surface area (Å²) in [5.74, 6) is 3.50. The quantitative estimate of drug-likeness (QED) is 0.0730. The Labute approximate surface area is 577 Å². The molecule has 0 unspecified atom stereocenters. The maximum atomic E-state index is 13.4. The van der Waals surface area contributed by atoms with Crippen molar-refractivity contribution < 1.29 is 24.9 Å². The van der Waals surface area contributed by atoms with E-state index in [2.05, 4.69) is 146 Å².